The number of rotatable bonds is 5. The monoisotopic (exact) mass is 394 g/mol. The van der Waals surface area contributed by atoms with Gasteiger partial charge in [-0.1, -0.05) is 24.8 Å². The average Bonchev–Trinajstić information content (AvgIpc) is 3.19. The lowest BCUT2D eigenvalue weighted by molar-refractivity contribution is -0.113. The molecule has 4 rings (SSSR count). The molecule has 1 amide bonds. The van der Waals surface area contributed by atoms with E-state index in [1.807, 2.05) is 51.1 Å². The van der Waals surface area contributed by atoms with E-state index in [0.717, 1.165) is 50.9 Å². The lowest BCUT2D eigenvalue weighted by Crippen LogP contribution is -2.14. The zero-order chi connectivity index (χ0) is 19.8. The zero-order valence-corrected chi connectivity index (χ0v) is 17.2. The second-order valence-corrected chi connectivity index (χ2v) is 7.85. The topological polar surface area (TPSA) is 72.4 Å². The van der Waals surface area contributed by atoms with E-state index < -0.39 is 0 Å². The maximum Gasteiger partial charge on any atom is 0.234 e. The van der Waals surface area contributed by atoms with Crippen LogP contribution in [0.15, 0.2) is 39.8 Å². The number of amides is 1. The SMILES string of the molecule is CCc1nnc(SCC(=O)Nc2ccc(C)c(C)c2)c2cc3oc(C)cc3n12. The molecule has 4 aromatic rings. The Bertz CT molecular complexity index is 1190. The molecule has 28 heavy (non-hydrogen) atoms. The van der Waals surface area contributed by atoms with Gasteiger partial charge in [0.05, 0.1) is 16.8 Å². The minimum absolute atomic E-state index is 0.0705. The molecule has 0 radical (unpaired) electrons. The lowest BCUT2D eigenvalue weighted by Gasteiger charge is -2.09. The third-order valence-corrected chi connectivity index (χ3v) is 5.76. The Kier molecular flexibility index (Phi) is 4.85. The second-order valence-electron chi connectivity index (χ2n) is 6.88. The summed E-state index contributed by atoms with van der Waals surface area (Å²) in [4.78, 5) is 12.4. The number of carbonyl (C=O) groups is 1. The molecule has 1 aromatic carbocycles. The average molecular weight is 395 g/mol. The first-order chi connectivity index (χ1) is 13.5. The first-order valence-electron chi connectivity index (χ1n) is 9.23. The maximum atomic E-state index is 12.4. The van der Waals surface area contributed by atoms with Crippen LogP contribution in [0.4, 0.5) is 5.69 Å². The molecule has 0 saturated carbocycles. The van der Waals surface area contributed by atoms with Crippen LogP contribution < -0.4 is 5.32 Å². The number of carbonyl (C=O) groups excluding carboxylic acids is 1. The van der Waals surface area contributed by atoms with Crippen LogP contribution in [0.3, 0.4) is 0 Å². The standard InChI is InChI=1S/C21H22N4O2S/c1-5-19-23-24-21(17-10-18-16(25(17)19)9-14(4)27-18)28-11-20(26)22-15-7-6-12(2)13(3)8-15/h6-10H,5,11H2,1-4H3,(H,22,26). The molecule has 144 valence electrons. The van der Waals surface area contributed by atoms with E-state index in [9.17, 15) is 4.79 Å². The summed E-state index contributed by atoms with van der Waals surface area (Å²) in [5.41, 5.74) is 5.88. The predicted molar refractivity (Wildman–Crippen MR) is 112 cm³/mol. The quantitative estimate of drug-likeness (QED) is 0.497. The number of anilines is 1. The molecule has 6 nitrogen and oxygen atoms in total. The summed E-state index contributed by atoms with van der Waals surface area (Å²) < 4.78 is 7.84. The number of nitrogens with one attached hydrogen (secondary N) is 1. The van der Waals surface area contributed by atoms with Crippen LogP contribution in [0, 0.1) is 20.8 Å². The first kappa shape index (κ1) is 18.6. The fourth-order valence-corrected chi connectivity index (χ4v) is 3.97. The first-order valence-corrected chi connectivity index (χ1v) is 10.2. The van der Waals surface area contributed by atoms with Gasteiger partial charge in [-0.25, -0.2) is 0 Å². The number of nitrogens with zero attached hydrogens (tertiary/aromatic N) is 3. The van der Waals surface area contributed by atoms with Crippen molar-refractivity contribution >= 4 is 40.0 Å². The third-order valence-electron chi connectivity index (χ3n) is 4.79. The van der Waals surface area contributed by atoms with E-state index in [1.165, 1.54) is 17.3 Å². The van der Waals surface area contributed by atoms with Crippen LogP contribution in [0.2, 0.25) is 0 Å². The summed E-state index contributed by atoms with van der Waals surface area (Å²) in [6.45, 7) is 8.06. The van der Waals surface area contributed by atoms with Gasteiger partial charge in [0.1, 0.15) is 16.6 Å². The molecule has 3 heterocycles. The third kappa shape index (κ3) is 3.38. The molecule has 0 spiro atoms. The maximum absolute atomic E-state index is 12.4. The van der Waals surface area contributed by atoms with Gasteiger partial charge < -0.3 is 9.73 Å². The molecular weight excluding hydrogens is 372 g/mol. The predicted octanol–water partition coefficient (Wildman–Crippen LogP) is 4.69. The molecule has 0 aliphatic rings. The van der Waals surface area contributed by atoms with Crippen molar-refractivity contribution in [1.29, 1.82) is 0 Å². The van der Waals surface area contributed by atoms with Gasteiger partial charge in [-0.15, -0.1) is 10.2 Å². The summed E-state index contributed by atoms with van der Waals surface area (Å²) in [5.74, 6) is 1.92. The van der Waals surface area contributed by atoms with Crippen molar-refractivity contribution in [3.05, 3.63) is 53.0 Å². The Hall–Kier alpha value is -2.80. The summed E-state index contributed by atoms with van der Waals surface area (Å²) >= 11 is 1.38. The largest absolute Gasteiger partial charge is 0.460 e. The fraction of sp³-hybridized carbons (Fsp3) is 0.286. The molecule has 3 aromatic heterocycles. The molecule has 0 unspecified atom stereocenters. The number of hydrogen-bond donors (Lipinski definition) is 1. The second kappa shape index (κ2) is 7.31. The highest BCUT2D eigenvalue weighted by Crippen LogP contribution is 2.30. The summed E-state index contributed by atoms with van der Waals surface area (Å²) in [7, 11) is 0. The van der Waals surface area contributed by atoms with Gasteiger partial charge in [0.15, 0.2) is 5.58 Å². The number of hydrogen-bond acceptors (Lipinski definition) is 5. The Morgan fingerprint density at radius 1 is 1.11 bits per heavy atom. The van der Waals surface area contributed by atoms with Crippen LogP contribution >= 0.6 is 11.8 Å². The van der Waals surface area contributed by atoms with Crippen molar-refractivity contribution in [3.63, 3.8) is 0 Å². The number of aryl methyl sites for hydroxylation is 4. The molecule has 1 N–H and O–H groups in total. The van der Waals surface area contributed by atoms with Gasteiger partial charge in [-0.2, -0.15) is 0 Å². The molecule has 0 bridgehead atoms. The van der Waals surface area contributed by atoms with Gasteiger partial charge >= 0.3 is 0 Å². The Morgan fingerprint density at radius 2 is 1.93 bits per heavy atom. The van der Waals surface area contributed by atoms with Gasteiger partial charge in [0.2, 0.25) is 5.91 Å². The molecule has 0 atom stereocenters. The van der Waals surface area contributed by atoms with Gasteiger partial charge in [0.25, 0.3) is 0 Å². The van der Waals surface area contributed by atoms with Crippen LogP contribution in [0.5, 0.6) is 0 Å². The van der Waals surface area contributed by atoms with E-state index in [1.54, 1.807) is 0 Å². The molecular formula is C21H22N4O2S. The van der Waals surface area contributed by atoms with Crippen molar-refractivity contribution in [2.24, 2.45) is 0 Å². The van der Waals surface area contributed by atoms with E-state index in [4.69, 9.17) is 4.42 Å². The highest BCUT2D eigenvalue weighted by atomic mass is 32.2. The van der Waals surface area contributed by atoms with Crippen LogP contribution in [0.1, 0.15) is 29.6 Å². The van der Waals surface area contributed by atoms with Gasteiger partial charge in [-0.05, 0) is 44.0 Å². The van der Waals surface area contributed by atoms with Crippen molar-refractivity contribution in [2.45, 2.75) is 39.1 Å². The number of thioether (sulfide) groups is 1. The molecule has 7 heteroatoms. The smallest absolute Gasteiger partial charge is 0.234 e. The summed E-state index contributed by atoms with van der Waals surface area (Å²) in [6, 6.07) is 9.89. The minimum atomic E-state index is -0.0705. The highest BCUT2D eigenvalue weighted by Gasteiger charge is 2.16. The zero-order valence-electron chi connectivity index (χ0n) is 16.4. The Labute approximate surface area is 167 Å². The Morgan fingerprint density at radius 3 is 2.68 bits per heavy atom. The molecule has 0 aliphatic heterocycles. The fourth-order valence-electron chi connectivity index (χ4n) is 3.23. The number of furan rings is 1. The number of benzene rings is 1. The van der Waals surface area contributed by atoms with E-state index in [0.29, 0.717) is 0 Å². The highest BCUT2D eigenvalue weighted by molar-refractivity contribution is 8.00. The van der Waals surface area contributed by atoms with Crippen LogP contribution in [-0.2, 0) is 11.2 Å². The van der Waals surface area contributed by atoms with E-state index >= 15 is 0 Å². The molecule has 0 aliphatic carbocycles. The summed E-state index contributed by atoms with van der Waals surface area (Å²) in [6.07, 6.45) is 0.760. The molecule has 0 saturated heterocycles. The Balaban J connectivity index is 1.57. The van der Waals surface area contributed by atoms with Gasteiger partial charge in [0, 0.05) is 24.2 Å². The van der Waals surface area contributed by atoms with Crippen molar-refractivity contribution < 1.29 is 9.21 Å². The van der Waals surface area contributed by atoms with Gasteiger partial charge in [-0.3, -0.25) is 9.20 Å². The normalized spacial score (nSPS) is 11.4. The lowest BCUT2D eigenvalue weighted by atomic mass is 10.1. The summed E-state index contributed by atoms with van der Waals surface area (Å²) in [5, 5.41) is 12.4. The van der Waals surface area contributed by atoms with Crippen molar-refractivity contribution in [3.8, 4) is 0 Å². The van der Waals surface area contributed by atoms with E-state index in [-0.39, 0.29) is 11.7 Å². The van der Waals surface area contributed by atoms with Crippen molar-refractivity contribution in [1.82, 2.24) is 14.6 Å². The number of fused-ring (bicyclic) bond motifs is 3. The molecule has 0 fully saturated rings. The van der Waals surface area contributed by atoms with E-state index in [2.05, 4.69) is 26.8 Å². The van der Waals surface area contributed by atoms with Crippen LogP contribution in [0.25, 0.3) is 16.6 Å². The number of aromatic nitrogens is 3. The van der Waals surface area contributed by atoms with Crippen molar-refractivity contribution in [2.75, 3.05) is 11.1 Å². The van der Waals surface area contributed by atoms with Crippen LogP contribution in [-0.4, -0.2) is 26.3 Å². The minimum Gasteiger partial charge on any atom is -0.460 e.